The van der Waals surface area contributed by atoms with Crippen LogP contribution in [0, 0.1) is 11.6 Å². The van der Waals surface area contributed by atoms with Crippen LogP contribution in [-0.2, 0) is 6.42 Å². The molecule has 4 aromatic rings. The molecule has 0 saturated carbocycles. The van der Waals surface area contributed by atoms with E-state index in [1.807, 2.05) is 24.3 Å². The van der Waals surface area contributed by atoms with Crippen LogP contribution >= 0.6 is 0 Å². The maximum atomic E-state index is 14.1. The van der Waals surface area contributed by atoms with Crippen molar-refractivity contribution in [2.75, 3.05) is 7.11 Å². The van der Waals surface area contributed by atoms with E-state index in [0.29, 0.717) is 5.56 Å². The zero-order valence-electron chi connectivity index (χ0n) is 19.3. The number of ether oxygens (including phenoxy) is 1. The van der Waals surface area contributed by atoms with Gasteiger partial charge < -0.3 is 4.74 Å². The number of benzene rings is 4. The van der Waals surface area contributed by atoms with Crippen molar-refractivity contribution in [2.45, 2.75) is 45.4 Å². The zero-order valence-corrected chi connectivity index (χ0v) is 19.3. The number of hydrogen-bond acceptors (Lipinski definition) is 1. The van der Waals surface area contributed by atoms with Gasteiger partial charge in [-0.1, -0.05) is 93.3 Å². The molecule has 3 heteroatoms. The highest BCUT2D eigenvalue weighted by atomic mass is 19.1. The van der Waals surface area contributed by atoms with E-state index >= 15 is 0 Å². The van der Waals surface area contributed by atoms with Crippen molar-refractivity contribution in [1.82, 2.24) is 0 Å². The van der Waals surface area contributed by atoms with Gasteiger partial charge in [0.2, 0.25) is 0 Å². The summed E-state index contributed by atoms with van der Waals surface area (Å²) in [6.45, 7) is 2.24. The Morgan fingerprint density at radius 2 is 1.39 bits per heavy atom. The Morgan fingerprint density at radius 3 is 2.09 bits per heavy atom. The SMILES string of the molecule is CCCCCCCc1ccc2c(-c3ccc(-c4cc(F)c(OC)c(F)c4)cc3)cccc2c1. The molecule has 4 aromatic carbocycles. The molecule has 0 aliphatic heterocycles. The summed E-state index contributed by atoms with van der Waals surface area (Å²) in [5.74, 6) is -1.76. The molecule has 0 aliphatic carbocycles. The van der Waals surface area contributed by atoms with Crippen LogP contribution in [-0.4, -0.2) is 7.11 Å². The molecule has 0 fully saturated rings. The third-order valence-electron chi connectivity index (χ3n) is 6.25. The molecule has 0 atom stereocenters. The van der Waals surface area contributed by atoms with Crippen LogP contribution in [0.3, 0.4) is 0 Å². The van der Waals surface area contributed by atoms with Gasteiger partial charge in [0.15, 0.2) is 17.4 Å². The van der Waals surface area contributed by atoms with E-state index in [0.717, 1.165) is 23.1 Å². The smallest absolute Gasteiger partial charge is 0.190 e. The molecule has 170 valence electrons. The first-order chi connectivity index (χ1) is 16.1. The fraction of sp³-hybridized carbons (Fsp3) is 0.267. The Morgan fingerprint density at radius 1 is 0.697 bits per heavy atom. The first-order valence-corrected chi connectivity index (χ1v) is 11.8. The van der Waals surface area contributed by atoms with Gasteiger partial charge in [-0.3, -0.25) is 0 Å². The fourth-order valence-corrected chi connectivity index (χ4v) is 4.44. The molecule has 0 spiro atoms. The van der Waals surface area contributed by atoms with Gasteiger partial charge in [-0.2, -0.15) is 0 Å². The molecule has 0 amide bonds. The normalized spacial score (nSPS) is 11.2. The summed E-state index contributed by atoms with van der Waals surface area (Å²) in [6.07, 6.45) is 7.56. The average Bonchev–Trinajstić information content (AvgIpc) is 2.83. The number of unbranched alkanes of at least 4 members (excludes halogenated alkanes) is 4. The lowest BCUT2D eigenvalue weighted by molar-refractivity contribution is 0.360. The van der Waals surface area contributed by atoms with Gasteiger partial charge >= 0.3 is 0 Å². The molecule has 0 N–H and O–H groups in total. The Balaban J connectivity index is 1.56. The molecule has 0 bridgehead atoms. The summed E-state index contributed by atoms with van der Waals surface area (Å²) in [5.41, 5.74) is 4.85. The Kier molecular flexibility index (Phi) is 7.39. The topological polar surface area (TPSA) is 9.23 Å². The van der Waals surface area contributed by atoms with Gasteiger partial charge in [-0.25, -0.2) is 8.78 Å². The van der Waals surface area contributed by atoms with E-state index in [-0.39, 0.29) is 5.75 Å². The summed E-state index contributed by atoms with van der Waals surface area (Å²) in [6, 6.07) is 23.6. The third-order valence-corrected chi connectivity index (χ3v) is 6.25. The minimum atomic E-state index is -0.702. The van der Waals surface area contributed by atoms with E-state index in [1.165, 1.54) is 67.7 Å². The summed E-state index contributed by atoms with van der Waals surface area (Å²) in [4.78, 5) is 0. The highest BCUT2D eigenvalue weighted by Crippen LogP contribution is 2.33. The van der Waals surface area contributed by atoms with Gasteiger partial charge in [0.25, 0.3) is 0 Å². The van der Waals surface area contributed by atoms with E-state index in [2.05, 4.69) is 43.3 Å². The number of methoxy groups -OCH3 is 1. The minimum Gasteiger partial charge on any atom is -0.491 e. The average molecular weight is 445 g/mol. The van der Waals surface area contributed by atoms with Gasteiger partial charge in [-0.15, -0.1) is 0 Å². The predicted octanol–water partition coefficient (Wildman–Crippen LogP) is 8.97. The van der Waals surface area contributed by atoms with E-state index in [4.69, 9.17) is 4.74 Å². The molecule has 0 unspecified atom stereocenters. The molecular weight excluding hydrogens is 414 g/mol. The molecule has 0 saturated heterocycles. The second-order valence-electron chi connectivity index (χ2n) is 8.58. The van der Waals surface area contributed by atoms with Crippen LogP contribution in [0.15, 0.2) is 72.8 Å². The third kappa shape index (κ3) is 5.24. The second-order valence-corrected chi connectivity index (χ2v) is 8.58. The Hall–Kier alpha value is -3.20. The van der Waals surface area contributed by atoms with Gasteiger partial charge in [0, 0.05) is 0 Å². The van der Waals surface area contributed by atoms with Crippen LogP contribution in [0.1, 0.15) is 44.6 Å². The van der Waals surface area contributed by atoms with Crippen molar-refractivity contribution in [1.29, 1.82) is 0 Å². The van der Waals surface area contributed by atoms with Crippen LogP contribution in [0.25, 0.3) is 33.0 Å². The summed E-state index contributed by atoms with van der Waals surface area (Å²) < 4.78 is 33.0. The predicted molar refractivity (Wildman–Crippen MR) is 134 cm³/mol. The molecule has 33 heavy (non-hydrogen) atoms. The zero-order chi connectivity index (χ0) is 23.2. The van der Waals surface area contributed by atoms with Crippen molar-refractivity contribution in [3.8, 4) is 28.0 Å². The van der Waals surface area contributed by atoms with E-state index < -0.39 is 11.6 Å². The Labute approximate surface area is 195 Å². The standard InChI is InChI=1S/C30H30F2O/c1-3-4-5-6-7-9-21-12-17-27-24(18-21)10-8-11-26(27)23-15-13-22(14-16-23)25-19-28(31)30(33-2)29(32)20-25/h8,10-20H,3-7,9H2,1-2H3. The van der Waals surface area contributed by atoms with Crippen molar-refractivity contribution >= 4 is 10.8 Å². The van der Waals surface area contributed by atoms with Crippen LogP contribution in [0.2, 0.25) is 0 Å². The lowest BCUT2D eigenvalue weighted by Crippen LogP contribution is -1.93. The first kappa shape index (κ1) is 23.0. The lowest BCUT2D eigenvalue weighted by atomic mass is 9.94. The lowest BCUT2D eigenvalue weighted by Gasteiger charge is -2.11. The van der Waals surface area contributed by atoms with Crippen molar-refractivity contribution < 1.29 is 13.5 Å². The molecule has 1 nitrogen and oxygen atoms in total. The van der Waals surface area contributed by atoms with Crippen LogP contribution < -0.4 is 4.74 Å². The maximum Gasteiger partial charge on any atom is 0.190 e. The molecule has 0 radical (unpaired) electrons. The van der Waals surface area contributed by atoms with E-state index in [9.17, 15) is 8.78 Å². The maximum absolute atomic E-state index is 14.1. The second kappa shape index (κ2) is 10.6. The molecular formula is C30H30F2O. The molecule has 0 aromatic heterocycles. The summed E-state index contributed by atoms with van der Waals surface area (Å²) in [5, 5.41) is 2.45. The number of halogens is 2. The fourth-order valence-electron chi connectivity index (χ4n) is 4.44. The van der Waals surface area contributed by atoms with Crippen molar-refractivity contribution in [2.24, 2.45) is 0 Å². The van der Waals surface area contributed by atoms with Gasteiger partial charge in [0.1, 0.15) is 0 Å². The molecule has 0 heterocycles. The van der Waals surface area contributed by atoms with Gasteiger partial charge in [0.05, 0.1) is 7.11 Å². The monoisotopic (exact) mass is 444 g/mol. The number of rotatable bonds is 9. The van der Waals surface area contributed by atoms with Crippen molar-refractivity contribution in [3.05, 3.63) is 90.0 Å². The highest BCUT2D eigenvalue weighted by molar-refractivity contribution is 5.97. The number of aryl methyl sites for hydroxylation is 1. The molecule has 4 rings (SSSR count). The summed E-state index contributed by atoms with van der Waals surface area (Å²) in [7, 11) is 1.26. The van der Waals surface area contributed by atoms with Crippen LogP contribution in [0.4, 0.5) is 8.78 Å². The van der Waals surface area contributed by atoms with Gasteiger partial charge in [-0.05, 0) is 63.6 Å². The molecule has 0 aliphatic rings. The minimum absolute atomic E-state index is 0.355. The Bertz CT molecular complexity index is 1200. The van der Waals surface area contributed by atoms with E-state index in [1.54, 1.807) is 0 Å². The number of hydrogen-bond donors (Lipinski definition) is 0. The highest BCUT2D eigenvalue weighted by Gasteiger charge is 2.13. The first-order valence-electron chi connectivity index (χ1n) is 11.8. The largest absolute Gasteiger partial charge is 0.491 e. The number of fused-ring (bicyclic) bond motifs is 1. The van der Waals surface area contributed by atoms with Crippen LogP contribution in [0.5, 0.6) is 5.75 Å². The summed E-state index contributed by atoms with van der Waals surface area (Å²) >= 11 is 0. The quantitative estimate of drug-likeness (QED) is 0.234. The van der Waals surface area contributed by atoms with Crippen molar-refractivity contribution in [3.63, 3.8) is 0 Å².